The van der Waals surface area contributed by atoms with Gasteiger partial charge in [0.2, 0.25) is 0 Å². The van der Waals surface area contributed by atoms with E-state index < -0.39 is 0 Å². The normalized spacial score (nSPS) is 13.6. The number of benzene rings is 4. The van der Waals surface area contributed by atoms with Gasteiger partial charge in [0.25, 0.3) is 0 Å². The average Bonchev–Trinajstić information content (AvgIpc) is 3.44. The molecule has 0 heterocycles. The monoisotopic (exact) mass is 584 g/mol. The zero-order valence-electron chi connectivity index (χ0n) is 20.5. The molecule has 5 aromatic carbocycles. The van der Waals surface area contributed by atoms with Crippen LogP contribution in [0.2, 0.25) is 0 Å². The minimum Gasteiger partial charge on any atom is -0.126 e. The van der Waals surface area contributed by atoms with Crippen molar-refractivity contribution in [2.75, 3.05) is 0 Å². The van der Waals surface area contributed by atoms with Gasteiger partial charge >= 0.3 is 63.8 Å². The molecule has 0 fully saturated rings. The van der Waals surface area contributed by atoms with Crippen LogP contribution in [0.3, 0.4) is 0 Å². The van der Waals surface area contributed by atoms with Crippen molar-refractivity contribution in [1.29, 1.82) is 0 Å². The standard InChI is InChI=1S/C13H9.C13H13.C7H6.2ClH.Zr/c1-3-7-12-10(5-1)9-11-6-2-4-8-13(11)12;1-10-8-11(2)13(9-10)12-6-4-3-5-7-12;1-7-5-3-2-4-6-7;;;/h1-9H;3-7,9-10H,1-2H3;1-6H;2*1H;/q2*-1;;;;+2/p-2. The summed E-state index contributed by atoms with van der Waals surface area (Å²) in [7, 11) is 0. The second-order valence-corrected chi connectivity index (χ2v) is 9.09. The maximum Gasteiger partial charge on any atom is -0.0771 e. The van der Waals surface area contributed by atoms with Gasteiger partial charge in [0, 0.05) is 0 Å². The van der Waals surface area contributed by atoms with E-state index in [2.05, 4.69) is 133 Å². The Morgan fingerprint density at radius 2 is 1.17 bits per heavy atom. The Kier molecular flexibility index (Phi) is 12.4. The SMILES string of the molecule is CC1=[C-]C(C)C=C1c1ccccc1.[Cl-].[Cl-].[Zr+2]=[CH]c1ccccc1.c1ccc2c(c1)[cH-]c1ccccc12. The van der Waals surface area contributed by atoms with Crippen LogP contribution in [-0.2, 0) is 24.2 Å². The zero-order valence-corrected chi connectivity index (χ0v) is 24.4. The molecule has 1 unspecified atom stereocenters. The molecular weight excluding hydrogens is 558 g/mol. The molecule has 1 atom stereocenters. The maximum absolute atomic E-state index is 3.39. The molecule has 1 aliphatic carbocycles. The summed E-state index contributed by atoms with van der Waals surface area (Å²) in [4.78, 5) is 0. The predicted molar refractivity (Wildman–Crippen MR) is 145 cm³/mol. The molecule has 1 aliphatic rings. The van der Waals surface area contributed by atoms with Gasteiger partial charge in [-0.15, -0.1) is 45.3 Å². The Hall–Kier alpha value is -2.44. The van der Waals surface area contributed by atoms with Crippen LogP contribution in [0.4, 0.5) is 0 Å². The molecule has 0 N–H and O–H groups in total. The summed E-state index contributed by atoms with van der Waals surface area (Å²) in [5.41, 5.74) is 5.24. The molecule has 0 nitrogen and oxygen atoms in total. The smallest absolute Gasteiger partial charge is 0.0771 e. The van der Waals surface area contributed by atoms with E-state index in [1.54, 1.807) is 0 Å². The summed E-state index contributed by atoms with van der Waals surface area (Å²) in [6, 6.07) is 40.1. The van der Waals surface area contributed by atoms with Gasteiger partial charge in [-0.3, -0.25) is 6.08 Å². The fraction of sp³-hybridized carbons (Fsp3) is 0.0909. The Balaban J connectivity index is 0.000000191. The molecule has 6 rings (SSSR count). The van der Waals surface area contributed by atoms with Crippen molar-refractivity contribution in [2.45, 2.75) is 13.8 Å². The number of fused-ring (bicyclic) bond motifs is 3. The molecular formula is C33H28Cl2Zr-2. The maximum atomic E-state index is 3.39. The van der Waals surface area contributed by atoms with Gasteiger partial charge in [0.1, 0.15) is 0 Å². The quantitative estimate of drug-likeness (QED) is 0.279. The van der Waals surface area contributed by atoms with E-state index in [1.807, 2.05) is 12.1 Å². The summed E-state index contributed by atoms with van der Waals surface area (Å²) in [5, 5.41) is 5.39. The van der Waals surface area contributed by atoms with Gasteiger partial charge in [0.05, 0.1) is 0 Å². The molecule has 0 radical (unpaired) electrons. The van der Waals surface area contributed by atoms with Crippen LogP contribution < -0.4 is 24.8 Å². The van der Waals surface area contributed by atoms with Gasteiger partial charge < -0.3 is 24.8 Å². The minimum absolute atomic E-state index is 0. The first-order valence-electron chi connectivity index (χ1n) is 11.6. The van der Waals surface area contributed by atoms with Crippen molar-refractivity contribution in [3.8, 4) is 0 Å². The van der Waals surface area contributed by atoms with Crippen molar-refractivity contribution >= 4 is 30.8 Å². The molecule has 0 saturated carbocycles. The molecule has 0 aliphatic heterocycles. The van der Waals surface area contributed by atoms with E-state index in [9.17, 15) is 0 Å². The third kappa shape index (κ3) is 7.78. The van der Waals surface area contributed by atoms with Gasteiger partial charge in [-0.25, -0.2) is 5.57 Å². The van der Waals surface area contributed by atoms with Crippen molar-refractivity contribution in [3.63, 3.8) is 0 Å². The fourth-order valence-electron chi connectivity index (χ4n) is 4.22. The number of halogens is 2. The average molecular weight is 587 g/mol. The molecule has 5 aromatic rings. The summed E-state index contributed by atoms with van der Waals surface area (Å²) in [5.74, 6) is 0.468. The summed E-state index contributed by atoms with van der Waals surface area (Å²) in [6.07, 6.45) is 5.66. The molecule has 0 aromatic heterocycles. The van der Waals surface area contributed by atoms with E-state index in [0.717, 1.165) is 0 Å². The molecule has 180 valence electrons. The van der Waals surface area contributed by atoms with Gasteiger partial charge in [-0.05, 0) is 0 Å². The summed E-state index contributed by atoms with van der Waals surface area (Å²) >= 11 is 1.46. The Labute approximate surface area is 242 Å². The minimum atomic E-state index is 0. The zero-order chi connectivity index (χ0) is 23.8. The van der Waals surface area contributed by atoms with Crippen LogP contribution in [0.15, 0.2) is 127 Å². The predicted octanol–water partition coefficient (Wildman–Crippen LogP) is 2.57. The number of rotatable bonds is 2. The van der Waals surface area contributed by atoms with Crippen molar-refractivity contribution < 1.29 is 49.0 Å². The molecule has 0 bridgehead atoms. The fourth-order valence-corrected chi connectivity index (χ4v) is 4.69. The Morgan fingerprint density at radius 3 is 1.61 bits per heavy atom. The summed E-state index contributed by atoms with van der Waals surface area (Å²) in [6.45, 7) is 4.29. The van der Waals surface area contributed by atoms with Crippen LogP contribution in [0, 0.1) is 12.0 Å². The molecule has 3 heteroatoms. The largest absolute Gasteiger partial charge is 0.126 e. The van der Waals surface area contributed by atoms with Crippen molar-refractivity contribution in [2.24, 2.45) is 5.92 Å². The third-order valence-corrected chi connectivity index (χ3v) is 6.66. The van der Waals surface area contributed by atoms with Crippen molar-refractivity contribution in [3.05, 3.63) is 144 Å². The Bertz CT molecular complexity index is 1380. The van der Waals surface area contributed by atoms with Crippen LogP contribution in [0.25, 0.3) is 27.1 Å². The number of allylic oxidation sites excluding steroid dienone is 4. The number of hydrogen-bond donors (Lipinski definition) is 0. The van der Waals surface area contributed by atoms with E-state index in [-0.39, 0.29) is 24.8 Å². The first-order chi connectivity index (χ1) is 16.7. The van der Waals surface area contributed by atoms with Crippen LogP contribution >= 0.6 is 0 Å². The Morgan fingerprint density at radius 1 is 0.694 bits per heavy atom. The second-order valence-electron chi connectivity index (χ2n) is 8.38. The molecule has 0 amide bonds. The van der Waals surface area contributed by atoms with Gasteiger partial charge in [-0.2, -0.15) is 11.6 Å². The van der Waals surface area contributed by atoms with E-state index in [1.165, 1.54) is 68.1 Å². The van der Waals surface area contributed by atoms with Crippen LogP contribution in [0.5, 0.6) is 0 Å². The van der Waals surface area contributed by atoms with Crippen LogP contribution in [0.1, 0.15) is 25.0 Å². The van der Waals surface area contributed by atoms with E-state index >= 15 is 0 Å². The first kappa shape index (κ1) is 29.8. The second kappa shape index (κ2) is 15.0. The number of hydrogen-bond acceptors (Lipinski definition) is 0. The van der Waals surface area contributed by atoms with E-state index in [0.29, 0.717) is 5.92 Å². The first-order valence-corrected chi connectivity index (χ1v) is 13.0. The molecule has 36 heavy (non-hydrogen) atoms. The molecule has 0 saturated heterocycles. The van der Waals surface area contributed by atoms with E-state index in [4.69, 9.17) is 0 Å². The van der Waals surface area contributed by atoms with Gasteiger partial charge in [-0.1, -0.05) is 86.5 Å². The summed E-state index contributed by atoms with van der Waals surface area (Å²) < 4.78 is 2.17. The topological polar surface area (TPSA) is 0 Å². The third-order valence-electron chi connectivity index (χ3n) is 5.84. The molecule has 0 spiro atoms. The van der Waals surface area contributed by atoms with Crippen molar-refractivity contribution in [1.82, 2.24) is 0 Å². The van der Waals surface area contributed by atoms with Crippen LogP contribution in [-0.4, -0.2) is 3.71 Å². The van der Waals surface area contributed by atoms with Gasteiger partial charge in [0.15, 0.2) is 0 Å².